The third-order valence-electron chi connectivity index (χ3n) is 4.39. The molecule has 5 heteroatoms. The van der Waals surface area contributed by atoms with Crippen LogP contribution in [-0.2, 0) is 0 Å². The van der Waals surface area contributed by atoms with E-state index in [4.69, 9.17) is 0 Å². The first-order valence-electron chi connectivity index (χ1n) is 7.48. The highest BCUT2D eigenvalue weighted by molar-refractivity contribution is 4.75. The van der Waals surface area contributed by atoms with Gasteiger partial charge in [-0.3, -0.25) is 10.1 Å². The Balaban J connectivity index is 2.68. The van der Waals surface area contributed by atoms with Gasteiger partial charge in [0, 0.05) is 29.8 Å². The Bertz CT molecular complexity index is 272. The van der Waals surface area contributed by atoms with Crippen LogP contribution in [0.15, 0.2) is 0 Å². The summed E-state index contributed by atoms with van der Waals surface area (Å²) in [4.78, 5) is 10.9. The van der Waals surface area contributed by atoms with Gasteiger partial charge in [0.25, 0.3) is 0 Å². The third kappa shape index (κ3) is 5.45. The van der Waals surface area contributed by atoms with E-state index in [0.29, 0.717) is 12.8 Å². The topological polar surface area (TPSA) is 83.6 Å². The maximum absolute atomic E-state index is 11.1. The molecule has 0 aromatic carbocycles. The molecule has 5 nitrogen and oxygen atoms in total. The van der Waals surface area contributed by atoms with Gasteiger partial charge in [-0.1, -0.05) is 32.6 Å². The first-order chi connectivity index (χ1) is 9.06. The van der Waals surface area contributed by atoms with Gasteiger partial charge in [0.05, 0.1) is 6.10 Å². The molecule has 1 unspecified atom stereocenters. The molecule has 1 saturated carbocycles. The molecular formula is C14H27NO4. The Morgan fingerprint density at radius 1 is 1.16 bits per heavy atom. The molecule has 19 heavy (non-hydrogen) atoms. The van der Waals surface area contributed by atoms with Gasteiger partial charge in [-0.15, -0.1) is 0 Å². The molecule has 0 saturated heterocycles. The van der Waals surface area contributed by atoms with Crippen molar-refractivity contribution in [2.75, 3.05) is 6.61 Å². The van der Waals surface area contributed by atoms with E-state index < -0.39 is 12.1 Å². The van der Waals surface area contributed by atoms with Crippen molar-refractivity contribution in [3.05, 3.63) is 10.1 Å². The summed E-state index contributed by atoms with van der Waals surface area (Å²) in [5.41, 5.74) is 0. The minimum atomic E-state index is -0.623. The predicted molar refractivity (Wildman–Crippen MR) is 73.5 cm³/mol. The lowest BCUT2D eigenvalue weighted by molar-refractivity contribution is -0.533. The van der Waals surface area contributed by atoms with Gasteiger partial charge in [0.2, 0.25) is 6.04 Å². The minimum Gasteiger partial charge on any atom is -0.396 e. The van der Waals surface area contributed by atoms with Crippen LogP contribution in [0.1, 0.15) is 58.3 Å². The normalized spacial score (nSPS) is 35.1. The maximum Gasteiger partial charge on any atom is 0.215 e. The molecule has 0 heterocycles. The first kappa shape index (κ1) is 16.4. The Hall–Kier alpha value is -0.680. The summed E-state index contributed by atoms with van der Waals surface area (Å²) in [6, 6.07) is -0.562. The average molecular weight is 273 g/mol. The number of nitro groups is 1. The van der Waals surface area contributed by atoms with Crippen molar-refractivity contribution in [1.82, 2.24) is 0 Å². The van der Waals surface area contributed by atoms with Gasteiger partial charge < -0.3 is 10.2 Å². The second-order valence-electron chi connectivity index (χ2n) is 5.92. The highest BCUT2D eigenvalue weighted by atomic mass is 16.6. The molecule has 1 aliphatic carbocycles. The number of hydrogen-bond acceptors (Lipinski definition) is 4. The molecule has 1 fully saturated rings. The predicted octanol–water partition coefficient (Wildman–Crippen LogP) is 2.37. The Morgan fingerprint density at radius 2 is 1.74 bits per heavy atom. The van der Waals surface area contributed by atoms with Crippen LogP contribution >= 0.6 is 0 Å². The highest BCUT2D eigenvalue weighted by Gasteiger charge is 2.31. The summed E-state index contributed by atoms with van der Waals surface area (Å²) in [5.74, 6) is -0.271. The van der Waals surface area contributed by atoms with Gasteiger partial charge in [-0.25, -0.2) is 0 Å². The molecule has 4 atom stereocenters. The lowest BCUT2D eigenvalue weighted by atomic mass is 9.85. The summed E-state index contributed by atoms with van der Waals surface area (Å²) in [5, 5.41) is 30.6. The van der Waals surface area contributed by atoms with E-state index in [1.54, 1.807) is 0 Å². The molecule has 0 aromatic heterocycles. The molecule has 2 N–H and O–H groups in total. The highest BCUT2D eigenvalue weighted by Crippen LogP contribution is 2.26. The maximum atomic E-state index is 11.1. The summed E-state index contributed by atoms with van der Waals surface area (Å²) in [6.07, 6.45) is 6.35. The van der Waals surface area contributed by atoms with E-state index >= 15 is 0 Å². The number of aliphatic hydroxyl groups excluding tert-OH is 2. The average Bonchev–Trinajstić information content (AvgIpc) is 2.34. The largest absolute Gasteiger partial charge is 0.396 e. The third-order valence-corrected chi connectivity index (χ3v) is 4.39. The smallest absolute Gasteiger partial charge is 0.215 e. The van der Waals surface area contributed by atoms with E-state index in [1.165, 1.54) is 0 Å². The van der Waals surface area contributed by atoms with E-state index in [2.05, 4.69) is 0 Å². The van der Waals surface area contributed by atoms with E-state index in [1.807, 2.05) is 6.92 Å². The molecule has 0 amide bonds. The quantitative estimate of drug-likeness (QED) is 0.597. The second-order valence-corrected chi connectivity index (χ2v) is 5.92. The van der Waals surface area contributed by atoms with Crippen molar-refractivity contribution in [3.63, 3.8) is 0 Å². The second kappa shape index (κ2) is 8.48. The van der Waals surface area contributed by atoms with E-state index in [0.717, 1.165) is 38.5 Å². The number of aliphatic hydroxyl groups is 2. The van der Waals surface area contributed by atoms with E-state index in [9.17, 15) is 20.3 Å². The molecule has 0 bridgehead atoms. The zero-order valence-corrected chi connectivity index (χ0v) is 11.8. The lowest BCUT2D eigenvalue weighted by Crippen LogP contribution is -2.33. The van der Waals surface area contributed by atoms with Crippen molar-refractivity contribution >= 4 is 0 Å². The molecule has 0 aromatic rings. The standard InChI is InChI=1S/C14H27NO4/c1-11-9-14(17)12(10-16)7-5-3-2-4-6-8-13(11)15(18)19/h11-14,16-17H,2-10H2,1H3/t11-,12+,13?,14-/m0/s1. The van der Waals surface area contributed by atoms with Crippen molar-refractivity contribution < 1.29 is 15.1 Å². The fourth-order valence-corrected chi connectivity index (χ4v) is 3.02. The SMILES string of the molecule is C[C@H]1C[C@H](O)[C@@H](CO)CCCCCCCC1[N+](=O)[O-]. The molecule has 1 aliphatic rings. The molecule has 0 aliphatic heterocycles. The van der Waals surface area contributed by atoms with Crippen molar-refractivity contribution in [2.45, 2.75) is 70.4 Å². The summed E-state index contributed by atoms with van der Waals surface area (Å²) in [6.45, 7) is 1.81. The van der Waals surface area contributed by atoms with Crippen molar-refractivity contribution in [1.29, 1.82) is 0 Å². The molecule has 0 radical (unpaired) electrons. The van der Waals surface area contributed by atoms with Crippen LogP contribution in [0.25, 0.3) is 0 Å². The number of nitrogens with zero attached hydrogens (tertiary/aromatic N) is 1. The van der Waals surface area contributed by atoms with Crippen LogP contribution in [-0.4, -0.2) is 33.9 Å². The zero-order chi connectivity index (χ0) is 14.3. The van der Waals surface area contributed by atoms with Crippen LogP contribution in [0.5, 0.6) is 0 Å². The van der Waals surface area contributed by atoms with Crippen LogP contribution in [0.4, 0.5) is 0 Å². The van der Waals surface area contributed by atoms with Crippen LogP contribution in [0.3, 0.4) is 0 Å². The number of hydrogen-bond donors (Lipinski definition) is 2. The molecular weight excluding hydrogens is 246 g/mol. The molecule has 1 rings (SSSR count). The van der Waals surface area contributed by atoms with Crippen LogP contribution in [0.2, 0.25) is 0 Å². The van der Waals surface area contributed by atoms with Crippen molar-refractivity contribution in [2.24, 2.45) is 11.8 Å². The van der Waals surface area contributed by atoms with Gasteiger partial charge >= 0.3 is 0 Å². The minimum absolute atomic E-state index is 0.0307. The monoisotopic (exact) mass is 273 g/mol. The first-order valence-corrected chi connectivity index (χ1v) is 7.48. The summed E-state index contributed by atoms with van der Waals surface area (Å²) < 4.78 is 0. The van der Waals surface area contributed by atoms with E-state index in [-0.39, 0.29) is 23.4 Å². The zero-order valence-electron chi connectivity index (χ0n) is 11.8. The number of rotatable bonds is 2. The molecule has 0 spiro atoms. The van der Waals surface area contributed by atoms with Gasteiger partial charge in [0.15, 0.2) is 0 Å². The van der Waals surface area contributed by atoms with Gasteiger partial charge in [-0.05, 0) is 19.3 Å². The summed E-state index contributed by atoms with van der Waals surface area (Å²) >= 11 is 0. The Morgan fingerprint density at radius 3 is 2.32 bits per heavy atom. The van der Waals surface area contributed by atoms with Crippen LogP contribution in [0, 0.1) is 22.0 Å². The Kier molecular flexibility index (Phi) is 7.31. The van der Waals surface area contributed by atoms with Gasteiger partial charge in [-0.2, -0.15) is 0 Å². The Labute approximate surface area is 115 Å². The fourth-order valence-electron chi connectivity index (χ4n) is 3.02. The van der Waals surface area contributed by atoms with Crippen molar-refractivity contribution in [3.8, 4) is 0 Å². The fraction of sp³-hybridized carbons (Fsp3) is 1.00. The van der Waals surface area contributed by atoms with Gasteiger partial charge in [0.1, 0.15) is 0 Å². The van der Waals surface area contributed by atoms with Crippen LogP contribution < -0.4 is 0 Å². The molecule has 112 valence electrons. The lowest BCUT2D eigenvalue weighted by Gasteiger charge is -2.26. The summed E-state index contributed by atoms with van der Waals surface area (Å²) in [7, 11) is 0.